The Labute approximate surface area is 120 Å². The number of carbonyl (C=O) groups is 2. The van der Waals surface area contributed by atoms with Gasteiger partial charge in [-0.3, -0.25) is 9.59 Å². The SMILES string of the molecule is CC[C@](C)(CNC(=O)c1ccon1)NC(=O)c1ccon1. The van der Waals surface area contributed by atoms with Gasteiger partial charge in [0.1, 0.15) is 12.5 Å². The average molecular weight is 292 g/mol. The van der Waals surface area contributed by atoms with E-state index in [1.54, 1.807) is 0 Å². The van der Waals surface area contributed by atoms with Crippen molar-refractivity contribution in [3.05, 3.63) is 36.0 Å². The van der Waals surface area contributed by atoms with Gasteiger partial charge in [0, 0.05) is 18.7 Å². The Hall–Kier alpha value is -2.64. The third-order valence-electron chi connectivity index (χ3n) is 3.18. The van der Waals surface area contributed by atoms with E-state index in [0.717, 1.165) is 0 Å². The lowest BCUT2D eigenvalue weighted by Gasteiger charge is -2.29. The molecule has 2 aromatic heterocycles. The highest BCUT2D eigenvalue weighted by Crippen LogP contribution is 2.10. The number of aromatic nitrogens is 2. The minimum Gasteiger partial charge on any atom is -0.364 e. The quantitative estimate of drug-likeness (QED) is 0.821. The van der Waals surface area contributed by atoms with Crippen molar-refractivity contribution in [1.82, 2.24) is 20.9 Å². The summed E-state index contributed by atoms with van der Waals surface area (Å²) in [5, 5.41) is 12.7. The lowest BCUT2D eigenvalue weighted by Crippen LogP contribution is -2.53. The molecule has 8 nitrogen and oxygen atoms in total. The van der Waals surface area contributed by atoms with Crippen LogP contribution < -0.4 is 10.6 Å². The van der Waals surface area contributed by atoms with Crippen molar-refractivity contribution >= 4 is 11.8 Å². The minimum atomic E-state index is -0.616. The second kappa shape index (κ2) is 6.21. The van der Waals surface area contributed by atoms with Gasteiger partial charge in [0.2, 0.25) is 0 Å². The molecule has 0 aromatic carbocycles. The van der Waals surface area contributed by atoms with Crippen LogP contribution in [0.5, 0.6) is 0 Å². The molecule has 0 saturated carbocycles. The van der Waals surface area contributed by atoms with Crippen LogP contribution in [0.1, 0.15) is 41.2 Å². The fourth-order valence-electron chi connectivity index (χ4n) is 1.62. The van der Waals surface area contributed by atoms with Crippen LogP contribution in [-0.4, -0.2) is 34.2 Å². The molecule has 2 N–H and O–H groups in total. The molecule has 0 bridgehead atoms. The molecular formula is C13H16N4O4. The molecule has 0 fully saturated rings. The normalized spacial score (nSPS) is 13.4. The molecule has 0 unspecified atom stereocenters. The zero-order valence-electron chi connectivity index (χ0n) is 11.8. The van der Waals surface area contributed by atoms with E-state index >= 15 is 0 Å². The summed E-state index contributed by atoms with van der Waals surface area (Å²) < 4.78 is 9.24. The fraction of sp³-hybridized carbons (Fsp3) is 0.385. The molecule has 0 saturated heterocycles. The van der Waals surface area contributed by atoms with Crippen molar-refractivity contribution in [1.29, 1.82) is 0 Å². The van der Waals surface area contributed by atoms with E-state index in [1.807, 2.05) is 13.8 Å². The number of nitrogens with zero attached hydrogens (tertiary/aromatic N) is 2. The lowest BCUT2D eigenvalue weighted by molar-refractivity contribution is 0.0861. The first-order chi connectivity index (χ1) is 10.0. The molecule has 21 heavy (non-hydrogen) atoms. The van der Waals surface area contributed by atoms with E-state index in [-0.39, 0.29) is 29.7 Å². The standard InChI is InChI=1S/C13H16N4O4/c1-3-13(2,15-12(19)10-5-7-21-17-10)8-14-11(18)9-4-6-20-16-9/h4-7H,3,8H2,1-2H3,(H,14,18)(H,15,19)/t13-/m1/s1. The molecule has 1 atom stereocenters. The molecule has 8 heteroatoms. The summed E-state index contributed by atoms with van der Waals surface area (Å²) in [5.74, 6) is -0.720. The van der Waals surface area contributed by atoms with Crippen LogP contribution in [0.25, 0.3) is 0 Å². The van der Waals surface area contributed by atoms with Gasteiger partial charge in [0.25, 0.3) is 11.8 Å². The Morgan fingerprint density at radius 1 is 1.14 bits per heavy atom. The van der Waals surface area contributed by atoms with E-state index in [9.17, 15) is 9.59 Å². The largest absolute Gasteiger partial charge is 0.364 e. The second-order valence-electron chi connectivity index (χ2n) is 4.82. The molecule has 2 aromatic rings. The summed E-state index contributed by atoms with van der Waals surface area (Å²) in [6, 6.07) is 2.94. The third kappa shape index (κ3) is 3.68. The molecule has 0 aliphatic rings. The fourth-order valence-corrected chi connectivity index (χ4v) is 1.62. The number of hydrogen-bond donors (Lipinski definition) is 2. The van der Waals surface area contributed by atoms with Crippen molar-refractivity contribution in [3.63, 3.8) is 0 Å². The molecule has 112 valence electrons. The lowest BCUT2D eigenvalue weighted by atomic mass is 9.98. The van der Waals surface area contributed by atoms with Crippen molar-refractivity contribution in [2.24, 2.45) is 0 Å². The average Bonchev–Trinajstić information content (AvgIpc) is 3.16. The van der Waals surface area contributed by atoms with Crippen molar-refractivity contribution in [2.75, 3.05) is 6.54 Å². The maximum Gasteiger partial charge on any atom is 0.273 e. The van der Waals surface area contributed by atoms with Crippen molar-refractivity contribution in [2.45, 2.75) is 25.8 Å². The van der Waals surface area contributed by atoms with E-state index < -0.39 is 5.54 Å². The number of amides is 2. The van der Waals surface area contributed by atoms with Crippen LogP contribution in [0.2, 0.25) is 0 Å². The summed E-state index contributed by atoms with van der Waals surface area (Å²) in [6.45, 7) is 3.98. The zero-order valence-corrected chi connectivity index (χ0v) is 11.8. The summed E-state index contributed by atoms with van der Waals surface area (Å²) in [4.78, 5) is 23.8. The van der Waals surface area contributed by atoms with E-state index in [4.69, 9.17) is 0 Å². The Bertz CT molecular complexity index is 594. The maximum absolute atomic E-state index is 12.0. The molecule has 0 spiro atoms. The maximum atomic E-state index is 12.0. The van der Waals surface area contributed by atoms with Gasteiger partial charge >= 0.3 is 0 Å². The van der Waals surface area contributed by atoms with Gasteiger partial charge in [-0.15, -0.1) is 0 Å². The first kappa shape index (κ1) is 14.8. The van der Waals surface area contributed by atoms with E-state index in [0.29, 0.717) is 6.42 Å². The van der Waals surface area contributed by atoms with Gasteiger partial charge < -0.3 is 19.7 Å². The van der Waals surface area contributed by atoms with Gasteiger partial charge in [0.15, 0.2) is 11.4 Å². The Balaban J connectivity index is 1.94. The van der Waals surface area contributed by atoms with Gasteiger partial charge in [-0.2, -0.15) is 0 Å². The summed E-state index contributed by atoms with van der Waals surface area (Å²) >= 11 is 0. The van der Waals surface area contributed by atoms with Gasteiger partial charge in [-0.05, 0) is 13.3 Å². The number of carbonyl (C=O) groups excluding carboxylic acids is 2. The smallest absolute Gasteiger partial charge is 0.273 e. The number of nitrogens with one attached hydrogen (secondary N) is 2. The molecular weight excluding hydrogens is 276 g/mol. The van der Waals surface area contributed by atoms with Gasteiger partial charge in [-0.25, -0.2) is 0 Å². The predicted molar refractivity (Wildman–Crippen MR) is 71.5 cm³/mol. The molecule has 0 aliphatic heterocycles. The first-order valence-electron chi connectivity index (χ1n) is 6.45. The molecule has 2 heterocycles. The van der Waals surface area contributed by atoms with Crippen LogP contribution in [0.3, 0.4) is 0 Å². The summed E-state index contributed by atoms with van der Waals surface area (Å²) in [5.41, 5.74) is -0.233. The first-order valence-corrected chi connectivity index (χ1v) is 6.45. The zero-order chi connectivity index (χ0) is 15.3. The van der Waals surface area contributed by atoms with Crippen molar-refractivity contribution in [3.8, 4) is 0 Å². The second-order valence-corrected chi connectivity index (χ2v) is 4.82. The highest BCUT2D eigenvalue weighted by molar-refractivity contribution is 5.93. The van der Waals surface area contributed by atoms with Crippen LogP contribution >= 0.6 is 0 Å². The van der Waals surface area contributed by atoms with E-state index in [1.165, 1.54) is 24.7 Å². The van der Waals surface area contributed by atoms with Crippen LogP contribution in [0.4, 0.5) is 0 Å². The third-order valence-corrected chi connectivity index (χ3v) is 3.18. The predicted octanol–water partition coefficient (Wildman–Crippen LogP) is 0.991. The molecule has 2 amide bonds. The van der Waals surface area contributed by atoms with Gasteiger partial charge in [-0.1, -0.05) is 17.2 Å². The highest BCUT2D eigenvalue weighted by Gasteiger charge is 2.27. The van der Waals surface area contributed by atoms with E-state index in [2.05, 4.69) is 30.0 Å². The number of hydrogen-bond acceptors (Lipinski definition) is 6. The molecule has 2 rings (SSSR count). The molecule has 0 aliphatic carbocycles. The van der Waals surface area contributed by atoms with Crippen LogP contribution in [0.15, 0.2) is 33.7 Å². The monoisotopic (exact) mass is 292 g/mol. The van der Waals surface area contributed by atoms with Crippen LogP contribution in [0, 0.1) is 0 Å². The topological polar surface area (TPSA) is 110 Å². The van der Waals surface area contributed by atoms with Gasteiger partial charge in [0.05, 0.1) is 5.54 Å². The minimum absolute atomic E-state index is 0.191. The summed E-state index contributed by atoms with van der Waals surface area (Å²) in [7, 11) is 0. The van der Waals surface area contributed by atoms with Crippen LogP contribution in [-0.2, 0) is 0 Å². The number of rotatable bonds is 6. The summed E-state index contributed by atoms with van der Waals surface area (Å²) in [6.07, 6.45) is 3.26. The highest BCUT2D eigenvalue weighted by atomic mass is 16.5. The van der Waals surface area contributed by atoms with Crippen molar-refractivity contribution < 1.29 is 18.6 Å². The Kier molecular flexibility index (Phi) is 4.36. The Morgan fingerprint density at radius 3 is 2.19 bits per heavy atom. The Morgan fingerprint density at radius 2 is 1.71 bits per heavy atom. The molecule has 0 radical (unpaired) electrons.